The molecule has 3 nitrogen and oxygen atoms in total. The number of nitrogen functional groups attached to an aromatic ring is 1. The van der Waals surface area contributed by atoms with E-state index in [2.05, 4.69) is 0 Å². The third-order valence-corrected chi connectivity index (χ3v) is 1.79. The maximum absolute atomic E-state index is 12.8. The van der Waals surface area contributed by atoms with Crippen LogP contribution in [0, 0.1) is 5.82 Å². The number of rotatable bonds is 3. The summed E-state index contributed by atoms with van der Waals surface area (Å²) in [6.45, 7) is 0.394. The molecule has 0 amide bonds. The molecule has 13 heavy (non-hydrogen) atoms. The van der Waals surface area contributed by atoms with Gasteiger partial charge in [-0.05, 0) is 17.7 Å². The molecule has 0 heterocycles. The zero-order chi connectivity index (χ0) is 9.84. The van der Waals surface area contributed by atoms with E-state index in [0.717, 1.165) is 5.56 Å². The van der Waals surface area contributed by atoms with Crippen LogP contribution in [-0.4, -0.2) is 13.7 Å². The number of methoxy groups -OCH3 is 1. The summed E-state index contributed by atoms with van der Waals surface area (Å²) in [7, 11) is 1.56. The van der Waals surface area contributed by atoms with E-state index in [1.165, 1.54) is 12.1 Å². The van der Waals surface area contributed by atoms with Gasteiger partial charge in [0.15, 0.2) is 0 Å². The second-order valence-electron chi connectivity index (χ2n) is 2.84. The second kappa shape index (κ2) is 4.20. The van der Waals surface area contributed by atoms with Crippen LogP contribution in [0.25, 0.3) is 0 Å². The fourth-order valence-electron chi connectivity index (χ4n) is 1.07. The molecule has 4 N–H and O–H groups in total. The van der Waals surface area contributed by atoms with Gasteiger partial charge in [0, 0.05) is 7.11 Å². The van der Waals surface area contributed by atoms with Crippen molar-refractivity contribution in [3.8, 4) is 0 Å². The van der Waals surface area contributed by atoms with Crippen molar-refractivity contribution in [3.05, 3.63) is 29.6 Å². The number of anilines is 1. The summed E-state index contributed by atoms with van der Waals surface area (Å²) in [4.78, 5) is 0. The number of ether oxygens (including phenoxy) is 1. The van der Waals surface area contributed by atoms with Crippen molar-refractivity contribution >= 4 is 5.69 Å². The van der Waals surface area contributed by atoms with Gasteiger partial charge in [-0.1, -0.05) is 6.07 Å². The maximum atomic E-state index is 12.8. The lowest BCUT2D eigenvalue weighted by Crippen LogP contribution is -2.16. The molecule has 1 aromatic carbocycles. The van der Waals surface area contributed by atoms with Crippen molar-refractivity contribution in [3.63, 3.8) is 0 Å². The Labute approximate surface area is 76.5 Å². The van der Waals surface area contributed by atoms with Crippen molar-refractivity contribution in [1.29, 1.82) is 0 Å². The highest BCUT2D eigenvalue weighted by Gasteiger charge is 2.07. The smallest absolute Gasteiger partial charge is 0.146 e. The molecule has 0 bridgehead atoms. The summed E-state index contributed by atoms with van der Waals surface area (Å²) in [5.41, 5.74) is 12.0. The summed E-state index contributed by atoms with van der Waals surface area (Å²) in [6.07, 6.45) is 0. The van der Waals surface area contributed by atoms with Gasteiger partial charge in [-0.2, -0.15) is 0 Å². The van der Waals surface area contributed by atoms with E-state index in [-0.39, 0.29) is 11.7 Å². The standard InChI is InChI=1S/C9H13FN2O/c1-13-5-9(12)6-2-3-7(10)8(11)4-6/h2-4,9H,5,11-12H2,1H3. The summed E-state index contributed by atoms with van der Waals surface area (Å²) in [6, 6.07) is 4.18. The van der Waals surface area contributed by atoms with Crippen LogP contribution in [0.5, 0.6) is 0 Å². The van der Waals surface area contributed by atoms with Crippen molar-refractivity contribution in [2.75, 3.05) is 19.5 Å². The van der Waals surface area contributed by atoms with Crippen LogP contribution in [0.1, 0.15) is 11.6 Å². The van der Waals surface area contributed by atoms with E-state index >= 15 is 0 Å². The zero-order valence-corrected chi connectivity index (χ0v) is 7.46. The molecule has 0 saturated heterocycles. The summed E-state index contributed by atoms with van der Waals surface area (Å²) < 4.78 is 17.6. The number of benzene rings is 1. The first-order valence-corrected chi connectivity index (χ1v) is 3.94. The first-order valence-electron chi connectivity index (χ1n) is 3.94. The Hall–Kier alpha value is -1.13. The predicted molar refractivity (Wildman–Crippen MR) is 49.6 cm³/mol. The summed E-state index contributed by atoms with van der Waals surface area (Å²) in [5, 5.41) is 0. The zero-order valence-electron chi connectivity index (χ0n) is 7.46. The molecule has 0 fully saturated rings. The molecule has 4 heteroatoms. The Morgan fingerprint density at radius 3 is 2.77 bits per heavy atom. The molecule has 0 spiro atoms. The fraction of sp³-hybridized carbons (Fsp3) is 0.333. The fourth-order valence-corrected chi connectivity index (χ4v) is 1.07. The molecule has 0 saturated carbocycles. The first-order chi connectivity index (χ1) is 6.15. The van der Waals surface area contributed by atoms with Gasteiger partial charge in [-0.15, -0.1) is 0 Å². The van der Waals surface area contributed by atoms with Gasteiger partial charge in [-0.25, -0.2) is 4.39 Å². The number of nitrogens with two attached hydrogens (primary N) is 2. The Balaban J connectivity index is 2.84. The highest BCUT2D eigenvalue weighted by Crippen LogP contribution is 2.17. The van der Waals surface area contributed by atoms with Gasteiger partial charge >= 0.3 is 0 Å². The van der Waals surface area contributed by atoms with E-state index in [1.54, 1.807) is 13.2 Å². The van der Waals surface area contributed by atoms with Crippen molar-refractivity contribution in [1.82, 2.24) is 0 Å². The number of halogens is 1. The maximum Gasteiger partial charge on any atom is 0.146 e. The summed E-state index contributed by atoms with van der Waals surface area (Å²) in [5.74, 6) is -0.423. The Morgan fingerprint density at radius 1 is 1.54 bits per heavy atom. The number of hydrogen-bond acceptors (Lipinski definition) is 3. The van der Waals surface area contributed by atoms with E-state index in [4.69, 9.17) is 16.2 Å². The molecular formula is C9H13FN2O. The Morgan fingerprint density at radius 2 is 2.23 bits per heavy atom. The molecule has 1 aromatic rings. The Bertz CT molecular complexity index is 291. The topological polar surface area (TPSA) is 61.3 Å². The molecule has 0 aliphatic heterocycles. The highest BCUT2D eigenvalue weighted by molar-refractivity contribution is 5.43. The average molecular weight is 184 g/mol. The minimum absolute atomic E-state index is 0.115. The molecule has 72 valence electrons. The molecule has 0 aliphatic rings. The van der Waals surface area contributed by atoms with Gasteiger partial charge in [0.2, 0.25) is 0 Å². The molecular weight excluding hydrogens is 171 g/mol. The van der Waals surface area contributed by atoms with Crippen LogP contribution >= 0.6 is 0 Å². The lowest BCUT2D eigenvalue weighted by molar-refractivity contribution is 0.181. The molecule has 1 unspecified atom stereocenters. The SMILES string of the molecule is COCC(N)c1ccc(F)c(N)c1. The third kappa shape index (κ3) is 2.40. The van der Waals surface area contributed by atoms with Crippen molar-refractivity contribution in [2.45, 2.75) is 6.04 Å². The molecule has 1 atom stereocenters. The predicted octanol–water partition coefficient (Wildman–Crippen LogP) is 1.05. The van der Waals surface area contributed by atoms with Crippen LogP contribution in [0.15, 0.2) is 18.2 Å². The van der Waals surface area contributed by atoms with E-state index in [0.29, 0.717) is 6.61 Å². The molecule has 0 radical (unpaired) electrons. The first kappa shape index (κ1) is 9.95. The van der Waals surface area contributed by atoms with Gasteiger partial charge in [0.25, 0.3) is 0 Å². The lowest BCUT2D eigenvalue weighted by Gasteiger charge is -2.11. The van der Waals surface area contributed by atoms with Gasteiger partial charge in [0.1, 0.15) is 5.82 Å². The normalized spacial score (nSPS) is 12.8. The Kier molecular flexibility index (Phi) is 3.22. The van der Waals surface area contributed by atoms with Crippen LogP contribution in [0.3, 0.4) is 0 Å². The van der Waals surface area contributed by atoms with Gasteiger partial charge in [0.05, 0.1) is 18.3 Å². The second-order valence-corrected chi connectivity index (χ2v) is 2.84. The van der Waals surface area contributed by atoms with E-state index < -0.39 is 5.82 Å². The van der Waals surface area contributed by atoms with Gasteiger partial charge in [-0.3, -0.25) is 0 Å². The van der Waals surface area contributed by atoms with Gasteiger partial charge < -0.3 is 16.2 Å². The average Bonchev–Trinajstić information content (AvgIpc) is 2.10. The minimum Gasteiger partial charge on any atom is -0.396 e. The van der Waals surface area contributed by atoms with Crippen LogP contribution in [0.2, 0.25) is 0 Å². The monoisotopic (exact) mass is 184 g/mol. The van der Waals surface area contributed by atoms with Crippen molar-refractivity contribution < 1.29 is 9.13 Å². The van der Waals surface area contributed by atoms with E-state index in [9.17, 15) is 4.39 Å². The van der Waals surface area contributed by atoms with Crippen LogP contribution < -0.4 is 11.5 Å². The molecule has 0 aromatic heterocycles. The summed E-state index contributed by atoms with van der Waals surface area (Å²) >= 11 is 0. The molecule has 0 aliphatic carbocycles. The van der Waals surface area contributed by atoms with Crippen LogP contribution in [0.4, 0.5) is 10.1 Å². The van der Waals surface area contributed by atoms with Crippen molar-refractivity contribution in [2.24, 2.45) is 5.73 Å². The minimum atomic E-state index is -0.423. The quantitative estimate of drug-likeness (QED) is 0.690. The van der Waals surface area contributed by atoms with E-state index in [1.807, 2.05) is 0 Å². The lowest BCUT2D eigenvalue weighted by atomic mass is 10.1. The third-order valence-electron chi connectivity index (χ3n) is 1.79. The molecule has 1 rings (SSSR count). The number of hydrogen-bond donors (Lipinski definition) is 2. The largest absolute Gasteiger partial charge is 0.396 e. The highest BCUT2D eigenvalue weighted by atomic mass is 19.1. The van der Waals surface area contributed by atoms with Crippen LogP contribution in [-0.2, 0) is 4.74 Å².